The minimum atomic E-state index is 0.449. The van der Waals surface area contributed by atoms with Crippen molar-refractivity contribution in [2.24, 2.45) is 0 Å². The highest BCUT2D eigenvalue weighted by molar-refractivity contribution is 5.76. The van der Waals surface area contributed by atoms with Crippen molar-refractivity contribution >= 4 is 17.1 Å². The van der Waals surface area contributed by atoms with Crippen molar-refractivity contribution in [3.8, 4) is 5.88 Å². The van der Waals surface area contributed by atoms with E-state index in [9.17, 15) is 0 Å². The topological polar surface area (TPSA) is 85.0 Å². The van der Waals surface area contributed by atoms with Crippen LogP contribution in [0.5, 0.6) is 5.88 Å². The van der Waals surface area contributed by atoms with Gasteiger partial charge in [0.25, 0.3) is 0 Å². The Hall–Kier alpha value is -1.89. The molecule has 7 nitrogen and oxygen atoms in total. The summed E-state index contributed by atoms with van der Waals surface area (Å²) in [5, 5.41) is 3.04. The van der Waals surface area contributed by atoms with E-state index >= 15 is 0 Å². The second-order valence-corrected chi connectivity index (χ2v) is 3.53. The molecular formula is C11H17N5O2. The summed E-state index contributed by atoms with van der Waals surface area (Å²) in [5.74, 6) is 1.01. The molecule has 2 heterocycles. The molecule has 0 aromatic carbocycles. The summed E-state index contributed by atoms with van der Waals surface area (Å²) in [7, 11) is 0. The lowest BCUT2D eigenvalue weighted by Gasteiger charge is -2.08. The smallest absolute Gasteiger partial charge is 0.245 e. The number of anilines is 1. The number of nitrogens with zero attached hydrogens (tertiary/aromatic N) is 3. The number of hydrogen-bond donors (Lipinski definition) is 2. The molecule has 98 valence electrons. The number of H-pyrrole nitrogens is 1. The van der Waals surface area contributed by atoms with Crippen LogP contribution in [0.4, 0.5) is 5.95 Å². The predicted molar refractivity (Wildman–Crippen MR) is 67.8 cm³/mol. The SMILES string of the molecule is CCNc1nc(OCCOCC)c2[nH]cnc2n1. The van der Waals surface area contributed by atoms with E-state index in [1.54, 1.807) is 6.33 Å². The van der Waals surface area contributed by atoms with Gasteiger partial charge >= 0.3 is 0 Å². The van der Waals surface area contributed by atoms with E-state index in [0.29, 0.717) is 42.8 Å². The molecule has 0 aliphatic rings. The van der Waals surface area contributed by atoms with Crippen molar-refractivity contribution in [3.63, 3.8) is 0 Å². The zero-order valence-corrected chi connectivity index (χ0v) is 10.6. The summed E-state index contributed by atoms with van der Waals surface area (Å²) in [5.41, 5.74) is 1.29. The lowest BCUT2D eigenvalue weighted by molar-refractivity contribution is 0.109. The molecule has 2 rings (SSSR count). The Labute approximate surface area is 105 Å². The number of rotatable bonds is 7. The molecular weight excluding hydrogens is 234 g/mol. The molecule has 0 unspecified atom stereocenters. The second-order valence-electron chi connectivity index (χ2n) is 3.53. The molecule has 0 bridgehead atoms. The molecule has 0 saturated carbocycles. The molecule has 0 fully saturated rings. The first-order valence-corrected chi connectivity index (χ1v) is 6.00. The first-order chi connectivity index (χ1) is 8.85. The second kappa shape index (κ2) is 6.15. The Morgan fingerprint density at radius 1 is 1.28 bits per heavy atom. The zero-order valence-electron chi connectivity index (χ0n) is 10.6. The van der Waals surface area contributed by atoms with Gasteiger partial charge in [0.2, 0.25) is 11.8 Å². The lowest BCUT2D eigenvalue weighted by atomic mass is 10.5. The van der Waals surface area contributed by atoms with Crippen LogP contribution >= 0.6 is 0 Å². The summed E-state index contributed by atoms with van der Waals surface area (Å²) >= 11 is 0. The van der Waals surface area contributed by atoms with Gasteiger partial charge in [-0.25, -0.2) is 4.98 Å². The minimum absolute atomic E-state index is 0.449. The average Bonchev–Trinajstić information content (AvgIpc) is 2.83. The molecule has 0 atom stereocenters. The highest BCUT2D eigenvalue weighted by atomic mass is 16.5. The fraction of sp³-hybridized carbons (Fsp3) is 0.545. The number of aromatic nitrogens is 4. The Balaban J connectivity index is 2.15. The fourth-order valence-corrected chi connectivity index (χ4v) is 1.49. The van der Waals surface area contributed by atoms with Crippen molar-refractivity contribution in [3.05, 3.63) is 6.33 Å². The van der Waals surface area contributed by atoms with E-state index in [2.05, 4.69) is 25.3 Å². The van der Waals surface area contributed by atoms with Gasteiger partial charge < -0.3 is 19.8 Å². The maximum absolute atomic E-state index is 5.58. The monoisotopic (exact) mass is 251 g/mol. The van der Waals surface area contributed by atoms with Crippen molar-refractivity contribution in [2.75, 3.05) is 31.7 Å². The van der Waals surface area contributed by atoms with Gasteiger partial charge in [0, 0.05) is 13.2 Å². The summed E-state index contributed by atoms with van der Waals surface area (Å²) < 4.78 is 10.8. The van der Waals surface area contributed by atoms with Crippen LogP contribution < -0.4 is 10.1 Å². The van der Waals surface area contributed by atoms with Gasteiger partial charge in [0.1, 0.15) is 12.1 Å². The van der Waals surface area contributed by atoms with Crippen molar-refractivity contribution in [2.45, 2.75) is 13.8 Å². The predicted octanol–water partition coefficient (Wildman–Crippen LogP) is 1.20. The van der Waals surface area contributed by atoms with Crippen LogP contribution in [0.1, 0.15) is 13.8 Å². The normalized spacial score (nSPS) is 10.8. The first kappa shape index (κ1) is 12.6. The molecule has 0 aliphatic heterocycles. The quantitative estimate of drug-likeness (QED) is 0.719. The Morgan fingerprint density at radius 3 is 2.94 bits per heavy atom. The zero-order chi connectivity index (χ0) is 12.8. The van der Waals surface area contributed by atoms with E-state index in [0.717, 1.165) is 6.54 Å². The van der Waals surface area contributed by atoms with Gasteiger partial charge in [-0.1, -0.05) is 0 Å². The Kier molecular flexibility index (Phi) is 4.30. The van der Waals surface area contributed by atoms with Gasteiger partial charge in [-0.2, -0.15) is 9.97 Å². The molecule has 0 radical (unpaired) electrons. The number of ether oxygens (including phenoxy) is 2. The first-order valence-electron chi connectivity index (χ1n) is 6.00. The van der Waals surface area contributed by atoms with E-state index in [1.165, 1.54) is 0 Å². The highest BCUT2D eigenvalue weighted by Gasteiger charge is 2.10. The van der Waals surface area contributed by atoms with E-state index in [1.807, 2.05) is 13.8 Å². The molecule has 0 amide bonds. The Morgan fingerprint density at radius 2 is 2.17 bits per heavy atom. The maximum atomic E-state index is 5.58. The molecule has 2 aromatic rings. The van der Waals surface area contributed by atoms with E-state index in [4.69, 9.17) is 9.47 Å². The molecule has 0 spiro atoms. The average molecular weight is 251 g/mol. The van der Waals surface area contributed by atoms with Gasteiger partial charge in [-0.05, 0) is 13.8 Å². The standard InChI is InChI=1S/C11H17N5O2/c1-3-12-11-15-9-8(13-7-14-9)10(16-11)18-6-5-17-4-2/h7H,3-6H2,1-2H3,(H2,12,13,14,15,16). The van der Waals surface area contributed by atoms with Gasteiger partial charge in [0.05, 0.1) is 12.9 Å². The van der Waals surface area contributed by atoms with Gasteiger partial charge in [-0.15, -0.1) is 0 Å². The van der Waals surface area contributed by atoms with Crippen LogP contribution in [0.2, 0.25) is 0 Å². The summed E-state index contributed by atoms with van der Waals surface area (Å²) in [6, 6.07) is 0. The largest absolute Gasteiger partial charge is 0.474 e. The fourth-order valence-electron chi connectivity index (χ4n) is 1.49. The van der Waals surface area contributed by atoms with Crippen molar-refractivity contribution in [1.29, 1.82) is 0 Å². The summed E-state index contributed by atoms with van der Waals surface area (Å²) in [6.45, 7) is 6.33. The highest BCUT2D eigenvalue weighted by Crippen LogP contribution is 2.20. The molecule has 18 heavy (non-hydrogen) atoms. The van der Waals surface area contributed by atoms with Crippen LogP contribution in [-0.4, -0.2) is 46.3 Å². The van der Waals surface area contributed by atoms with Crippen molar-refractivity contribution < 1.29 is 9.47 Å². The summed E-state index contributed by atoms with van der Waals surface area (Å²) in [4.78, 5) is 15.6. The third-order valence-corrected chi connectivity index (χ3v) is 2.26. The van der Waals surface area contributed by atoms with Crippen LogP contribution in [0.15, 0.2) is 6.33 Å². The van der Waals surface area contributed by atoms with Gasteiger partial charge in [0.15, 0.2) is 5.65 Å². The summed E-state index contributed by atoms with van der Waals surface area (Å²) in [6.07, 6.45) is 1.57. The van der Waals surface area contributed by atoms with Crippen molar-refractivity contribution in [1.82, 2.24) is 19.9 Å². The van der Waals surface area contributed by atoms with Crippen LogP contribution in [0.25, 0.3) is 11.2 Å². The lowest BCUT2D eigenvalue weighted by Crippen LogP contribution is -2.09. The third-order valence-electron chi connectivity index (χ3n) is 2.26. The van der Waals surface area contributed by atoms with Crippen LogP contribution in [0, 0.1) is 0 Å². The molecule has 2 aromatic heterocycles. The minimum Gasteiger partial charge on any atom is -0.474 e. The van der Waals surface area contributed by atoms with Gasteiger partial charge in [-0.3, -0.25) is 0 Å². The molecule has 7 heteroatoms. The van der Waals surface area contributed by atoms with Crippen LogP contribution in [0.3, 0.4) is 0 Å². The number of nitrogens with one attached hydrogen (secondary N) is 2. The maximum Gasteiger partial charge on any atom is 0.245 e. The van der Waals surface area contributed by atoms with E-state index < -0.39 is 0 Å². The third kappa shape index (κ3) is 2.86. The Bertz CT molecular complexity index is 499. The number of aromatic amines is 1. The van der Waals surface area contributed by atoms with Crippen LogP contribution in [-0.2, 0) is 4.74 Å². The number of hydrogen-bond acceptors (Lipinski definition) is 6. The van der Waals surface area contributed by atoms with E-state index in [-0.39, 0.29) is 0 Å². The molecule has 2 N–H and O–H groups in total. The molecule has 0 aliphatic carbocycles. The number of imidazole rings is 1. The number of fused-ring (bicyclic) bond motifs is 1. The molecule has 0 saturated heterocycles.